The summed E-state index contributed by atoms with van der Waals surface area (Å²) in [4.78, 5) is 10.5. The molecular formula is C8H13NO. The van der Waals surface area contributed by atoms with Crippen molar-refractivity contribution in [3.05, 3.63) is 0 Å². The van der Waals surface area contributed by atoms with Gasteiger partial charge in [-0.15, -0.1) is 0 Å². The number of piperidine rings is 1. The van der Waals surface area contributed by atoms with Crippen LogP contribution in [0, 0.1) is 5.92 Å². The molecule has 2 heterocycles. The summed E-state index contributed by atoms with van der Waals surface area (Å²) in [5.74, 6) is 0.360. The highest BCUT2D eigenvalue weighted by atomic mass is 16.1. The lowest BCUT2D eigenvalue weighted by Gasteiger charge is -2.24. The molecule has 2 heteroatoms. The molecule has 0 aromatic heterocycles. The Morgan fingerprint density at radius 1 is 1.20 bits per heavy atom. The highest BCUT2D eigenvalue weighted by Gasteiger charge is 2.32. The Morgan fingerprint density at radius 3 is 2.30 bits per heavy atom. The maximum absolute atomic E-state index is 10.5. The van der Waals surface area contributed by atoms with Gasteiger partial charge in [0.05, 0.1) is 0 Å². The van der Waals surface area contributed by atoms with Crippen molar-refractivity contribution >= 4 is 6.29 Å². The number of aldehydes is 1. The van der Waals surface area contributed by atoms with Crippen LogP contribution in [0.5, 0.6) is 0 Å². The summed E-state index contributed by atoms with van der Waals surface area (Å²) in [5, 5.41) is 3.50. The lowest BCUT2D eigenvalue weighted by molar-refractivity contribution is -0.112. The van der Waals surface area contributed by atoms with Crippen LogP contribution >= 0.6 is 0 Å². The molecule has 0 aliphatic carbocycles. The van der Waals surface area contributed by atoms with Gasteiger partial charge in [0.25, 0.3) is 0 Å². The standard InChI is InChI=1S/C8H13NO/c10-5-6-3-7-1-2-8(4-6)9-7/h5-9H,1-4H2. The van der Waals surface area contributed by atoms with Crippen molar-refractivity contribution in [2.24, 2.45) is 5.92 Å². The predicted octanol–water partition coefficient (Wildman–Crippen LogP) is 0.716. The normalized spacial score (nSPS) is 45.4. The highest BCUT2D eigenvalue weighted by molar-refractivity contribution is 5.54. The highest BCUT2D eigenvalue weighted by Crippen LogP contribution is 2.29. The van der Waals surface area contributed by atoms with Crippen molar-refractivity contribution in [1.82, 2.24) is 5.32 Å². The molecule has 2 unspecified atom stereocenters. The number of fused-ring (bicyclic) bond motifs is 2. The van der Waals surface area contributed by atoms with Crippen molar-refractivity contribution in [2.45, 2.75) is 37.8 Å². The van der Waals surface area contributed by atoms with E-state index < -0.39 is 0 Å². The molecule has 56 valence electrons. The minimum absolute atomic E-state index is 0.360. The van der Waals surface area contributed by atoms with Crippen molar-refractivity contribution in [1.29, 1.82) is 0 Å². The van der Waals surface area contributed by atoms with E-state index in [0.717, 1.165) is 19.1 Å². The maximum Gasteiger partial charge on any atom is 0.123 e. The number of nitrogens with one attached hydrogen (secondary N) is 1. The second-order valence-corrected chi connectivity index (χ2v) is 3.51. The van der Waals surface area contributed by atoms with Gasteiger partial charge >= 0.3 is 0 Å². The average molecular weight is 139 g/mol. The quantitative estimate of drug-likeness (QED) is 0.542. The summed E-state index contributed by atoms with van der Waals surface area (Å²) in [6.45, 7) is 0. The number of carbonyl (C=O) groups is 1. The van der Waals surface area contributed by atoms with Crippen LogP contribution in [0.3, 0.4) is 0 Å². The van der Waals surface area contributed by atoms with Gasteiger partial charge < -0.3 is 10.1 Å². The zero-order valence-corrected chi connectivity index (χ0v) is 6.05. The Bertz CT molecular complexity index is 134. The summed E-state index contributed by atoms with van der Waals surface area (Å²) in [6.07, 6.45) is 5.87. The lowest BCUT2D eigenvalue weighted by atomic mass is 9.94. The number of carbonyl (C=O) groups excluding carboxylic acids is 1. The predicted molar refractivity (Wildman–Crippen MR) is 38.7 cm³/mol. The van der Waals surface area contributed by atoms with E-state index in [9.17, 15) is 4.79 Å². The van der Waals surface area contributed by atoms with E-state index in [-0.39, 0.29) is 0 Å². The van der Waals surface area contributed by atoms with Gasteiger partial charge in [-0.2, -0.15) is 0 Å². The molecule has 0 amide bonds. The molecular weight excluding hydrogens is 126 g/mol. The van der Waals surface area contributed by atoms with Gasteiger partial charge in [-0.05, 0) is 25.7 Å². The Balaban J connectivity index is 2.02. The molecule has 0 saturated carbocycles. The van der Waals surface area contributed by atoms with E-state index in [1.54, 1.807) is 0 Å². The van der Waals surface area contributed by atoms with Crippen LogP contribution in [-0.2, 0) is 4.79 Å². The lowest BCUT2D eigenvalue weighted by Crippen LogP contribution is -2.38. The van der Waals surface area contributed by atoms with Crippen LogP contribution in [-0.4, -0.2) is 18.4 Å². The fraction of sp³-hybridized carbons (Fsp3) is 0.875. The van der Waals surface area contributed by atoms with E-state index in [1.165, 1.54) is 12.8 Å². The second-order valence-electron chi connectivity index (χ2n) is 3.51. The maximum atomic E-state index is 10.5. The van der Waals surface area contributed by atoms with E-state index >= 15 is 0 Å². The third kappa shape index (κ3) is 0.966. The van der Waals surface area contributed by atoms with E-state index in [4.69, 9.17) is 0 Å². The summed E-state index contributed by atoms with van der Waals surface area (Å²) in [7, 11) is 0. The molecule has 10 heavy (non-hydrogen) atoms. The molecule has 0 spiro atoms. The first-order chi connectivity index (χ1) is 4.88. The molecule has 2 aliphatic rings. The number of hydrogen-bond acceptors (Lipinski definition) is 2. The molecule has 2 rings (SSSR count). The van der Waals surface area contributed by atoms with Crippen molar-refractivity contribution in [3.8, 4) is 0 Å². The van der Waals surface area contributed by atoms with Gasteiger partial charge in [-0.25, -0.2) is 0 Å². The molecule has 0 aromatic carbocycles. The minimum atomic E-state index is 0.360. The van der Waals surface area contributed by atoms with Crippen LogP contribution in [0.4, 0.5) is 0 Å². The minimum Gasteiger partial charge on any atom is -0.311 e. The van der Waals surface area contributed by atoms with Gasteiger partial charge in [-0.1, -0.05) is 0 Å². The van der Waals surface area contributed by atoms with Gasteiger partial charge in [-0.3, -0.25) is 0 Å². The van der Waals surface area contributed by atoms with Crippen LogP contribution in [0.1, 0.15) is 25.7 Å². The Labute approximate surface area is 61.0 Å². The largest absolute Gasteiger partial charge is 0.311 e. The fourth-order valence-electron chi connectivity index (χ4n) is 2.21. The van der Waals surface area contributed by atoms with E-state index in [2.05, 4.69) is 5.32 Å². The van der Waals surface area contributed by atoms with Crippen LogP contribution in [0.2, 0.25) is 0 Å². The van der Waals surface area contributed by atoms with Crippen LogP contribution < -0.4 is 5.32 Å². The Kier molecular flexibility index (Phi) is 1.49. The third-order valence-electron chi connectivity index (χ3n) is 2.70. The second kappa shape index (κ2) is 2.35. The van der Waals surface area contributed by atoms with Crippen LogP contribution in [0.15, 0.2) is 0 Å². The molecule has 2 nitrogen and oxygen atoms in total. The summed E-state index contributed by atoms with van der Waals surface area (Å²) in [5.41, 5.74) is 0. The summed E-state index contributed by atoms with van der Waals surface area (Å²) < 4.78 is 0. The molecule has 2 atom stereocenters. The number of hydrogen-bond donors (Lipinski definition) is 1. The average Bonchev–Trinajstić information content (AvgIpc) is 2.30. The smallest absolute Gasteiger partial charge is 0.123 e. The first kappa shape index (κ1) is 6.35. The van der Waals surface area contributed by atoms with Crippen molar-refractivity contribution in [3.63, 3.8) is 0 Å². The van der Waals surface area contributed by atoms with Gasteiger partial charge in [0.1, 0.15) is 6.29 Å². The summed E-state index contributed by atoms with van der Waals surface area (Å²) in [6, 6.07) is 1.32. The van der Waals surface area contributed by atoms with Crippen LogP contribution in [0.25, 0.3) is 0 Å². The van der Waals surface area contributed by atoms with Crippen molar-refractivity contribution < 1.29 is 4.79 Å². The molecule has 2 aliphatic heterocycles. The molecule has 2 saturated heterocycles. The van der Waals surface area contributed by atoms with E-state index in [0.29, 0.717) is 18.0 Å². The molecule has 2 bridgehead atoms. The van der Waals surface area contributed by atoms with E-state index in [1.807, 2.05) is 0 Å². The summed E-state index contributed by atoms with van der Waals surface area (Å²) >= 11 is 0. The van der Waals surface area contributed by atoms with Gasteiger partial charge in [0, 0.05) is 18.0 Å². The topological polar surface area (TPSA) is 29.1 Å². The zero-order chi connectivity index (χ0) is 6.97. The van der Waals surface area contributed by atoms with Gasteiger partial charge in [0.2, 0.25) is 0 Å². The molecule has 0 aromatic rings. The van der Waals surface area contributed by atoms with Crippen molar-refractivity contribution in [2.75, 3.05) is 0 Å². The third-order valence-corrected chi connectivity index (χ3v) is 2.70. The molecule has 0 radical (unpaired) electrons. The monoisotopic (exact) mass is 139 g/mol. The zero-order valence-electron chi connectivity index (χ0n) is 6.05. The van der Waals surface area contributed by atoms with Gasteiger partial charge in [0.15, 0.2) is 0 Å². The Hall–Kier alpha value is -0.370. The first-order valence-corrected chi connectivity index (χ1v) is 4.10. The Morgan fingerprint density at radius 2 is 1.80 bits per heavy atom. The molecule has 1 N–H and O–H groups in total. The SMILES string of the molecule is O=CC1CC2CCC(C1)N2. The first-order valence-electron chi connectivity index (χ1n) is 4.10. The number of rotatable bonds is 1. The molecule has 2 fully saturated rings. The fourth-order valence-corrected chi connectivity index (χ4v) is 2.21.